The first-order chi connectivity index (χ1) is 20.6. The van der Waals surface area contributed by atoms with Gasteiger partial charge in [0.25, 0.3) is 5.91 Å². The number of azo groups is 1. The molecule has 1 aromatic heterocycles. The van der Waals surface area contributed by atoms with Crippen molar-refractivity contribution in [2.75, 3.05) is 10.6 Å². The number of para-hydroxylation sites is 1. The number of pyridine rings is 1. The Bertz CT molecular complexity index is 1780. The van der Waals surface area contributed by atoms with Crippen LogP contribution in [0.1, 0.15) is 0 Å². The van der Waals surface area contributed by atoms with Gasteiger partial charge in [-0.3, -0.25) is 4.79 Å². The van der Waals surface area contributed by atoms with Crippen molar-refractivity contribution in [3.05, 3.63) is 132 Å². The van der Waals surface area contributed by atoms with Gasteiger partial charge in [0.2, 0.25) is 12.7 Å². The topological polar surface area (TPSA) is 147 Å². The molecule has 0 aliphatic rings. The number of nitrogens with zero attached hydrogens (tertiary/aromatic N) is 3. The highest BCUT2D eigenvalue weighted by Gasteiger charge is 2.10. The minimum Gasteiger partial charge on any atom is -0.744 e. The van der Waals surface area contributed by atoms with Crippen LogP contribution in [-0.2, 0) is 21.5 Å². The van der Waals surface area contributed by atoms with Crippen LogP contribution in [0.3, 0.4) is 0 Å². The number of carbonyl (C=O) groups is 1. The summed E-state index contributed by atoms with van der Waals surface area (Å²) in [5.41, 5.74) is 3.77. The van der Waals surface area contributed by atoms with Crippen LogP contribution < -0.4 is 15.2 Å². The molecular weight excluding hydrogens is 634 g/mol. The Morgan fingerprint density at radius 3 is 1.91 bits per heavy atom. The molecule has 0 aliphatic carbocycles. The fourth-order valence-electron chi connectivity index (χ4n) is 3.60. The molecule has 43 heavy (non-hydrogen) atoms. The highest BCUT2D eigenvalue weighted by Crippen LogP contribution is 2.23. The van der Waals surface area contributed by atoms with Crippen molar-refractivity contribution in [2.45, 2.75) is 11.4 Å². The minimum atomic E-state index is -4.45. The Kier molecular flexibility index (Phi) is 10.7. The molecular formula is C31H26BrN5O5S. The summed E-state index contributed by atoms with van der Waals surface area (Å²) in [6.45, 7) is 0.157. The Balaban J connectivity index is 0.000000208. The van der Waals surface area contributed by atoms with E-state index in [-0.39, 0.29) is 23.1 Å². The van der Waals surface area contributed by atoms with Crippen LogP contribution in [0.25, 0.3) is 0 Å². The molecule has 0 saturated carbocycles. The third-order valence-electron chi connectivity index (χ3n) is 5.63. The Morgan fingerprint density at radius 1 is 0.767 bits per heavy atom. The maximum Gasteiger partial charge on any atom is 0.290 e. The van der Waals surface area contributed by atoms with Crippen LogP contribution in [0.4, 0.5) is 28.4 Å². The second-order valence-corrected chi connectivity index (χ2v) is 11.3. The highest BCUT2D eigenvalue weighted by atomic mass is 79.9. The fourth-order valence-corrected chi connectivity index (χ4v) is 4.33. The van der Waals surface area contributed by atoms with Gasteiger partial charge in [-0.2, -0.15) is 14.8 Å². The summed E-state index contributed by atoms with van der Waals surface area (Å²) >= 11 is 3.33. The van der Waals surface area contributed by atoms with E-state index in [1.54, 1.807) is 22.9 Å². The van der Waals surface area contributed by atoms with Gasteiger partial charge in [-0.1, -0.05) is 34.1 Å². The molecule has 0 unspecified atom stereocenters. The van der Waals surface area contributed by atoms with E-state index in [2.05, 4.69) is 36.8 Å². The lowest BCUT2D eigenvalue weighted by molar-refractivity contribution is -0.684. The first-order valence-electron chi connectivity index (χ1n) is 12.8. The number of aromatic hydroxyl groups is 1. The van der Waals surface area contributed by atoms with E-state index in [0.717, 1.165) is 21.5 Å². The number of amides is 1. The summed E-state index contributed by atoms with van der Waals surface area (Å²) in [5.74, 6) is -0.0122. The van der Waals surface area contributed by atoms with Crippen LogP contribution in [-0.4, -0.2) is 24.0 Å². The SMILES string of the molecule is O=C(C[n+]1cccc(O)c1)Nc1ccc(Br)cc1.O=S(=O)([O-])c1ccc(N=Nc2ccc(Nc3ccccc3)cc2)cc1. The summed E-state index contributed by atoms with van der Waals surface area (Å²) in [4.78, 5) is 11.5. The van der Waals surface area contributed by atoms with E-state index in [4.69, 9.17) is 0 Å². The Morgan fingerprint density at radius 2 is 1.33 bits per heavy atom. The molecule has 0 saturated heterocycles. The molecule has 12 heteroatoms. The van der Waals surface area contributed by atoms with Crippen molar-refractivity contribution < 1.29 is 27.4 Å². The Hall–Kier alpha value is -4.91. The molecule has 0 bridgehead atoms. The summed E-state index contributed by atoms with van der Waals surface area (Å²) in [6.07, 6.45) is 3.22. The average Bonchev–Trinajstić information content (AvgIpc) is 2.99. The van der Waals surface area contributed by atoms with Gasteiger partial charge < -0.3 is 20.3 Å². The second-order valence-electron chi connectivity index (χ2n) is 8.98. The molecule has 0 aliphatic heterocycles. The summed E-state index contributed by atoms with van der Waals surface area (Å²) in [5, 5.41) is 23.4. The zero-order valence-corrected chi connectivity index (χ0v) is 24.9. The highest BCUT2D eigenvalue weighted by molar-refractivity contribution is 9.10. The zero-order valence-electron chi connectivity index (χ0n) is 22.5. The molecule has 218 valence electrons. The monoisotopic (exact) mass is 659 g/mol. The lowest BCUT2D eigenvalue weighted by Crippen LogP contribution is -2.39. The summed E-state index contributed by atoms with van der Waals surface area (Å²) < 4.78 is 35.2. The fraction of sp³-hybridized carbons (Fsp3) is 0.0323. The summed E-state index contributed by atoms with van der Waals surface area (Å²) in [7, 11) is -4.45. The third-order valence-corrected chi connectivity index (χ3v) is 7.01. The first kappa shape index (κ1) is 31.0. The van der Waals surface area contributed by atoms with Gasteiger partial charge in [0.05, 0.1) is 16.3 Å². The van der Waals surface area contributed by atoms with Crippen LogP contribution in [0.5, 0.6) is 5.75 Å². The van der Waals surface area contributed by atoms with Gasteiger partial charge in [0.15, 0.2) is 11.9 Å². The number of hydrogen-bond donors (Lipinski definition) is 3. The van der Waals surface area contributed by atoms with E-state index in [9.17, 15) is 22.9 Å². The lowest BCUT2D eigenvalue weighted by Gasteiger charge is -2.06. The standard InChI is InChI=1S/C18H15N3O3S.C13H11BrN2O2/c22-25(23,24)18-12-10-17(11-13-18)21-20-16-8-6-15(7-9-16)19-14-4-2-1-3-5-14;14-10-3-5-11(6-4-10)15-13(18)9-16-7-1-2-12(17)8-16/h1-13,19H,(H,22,23,24);1-8H,9H2,(H-,15,17,18). The minimum absolute atomic E-state index is 0.133. The number of nitrogens with one attached hydrogen (secondary N) is 2. The van der Waals surface area contributed by atoms with E-state index in [1.807, 2.05) is 78.9 Å². The van der Waals surface area contributed by atoms with Gasteiger partial charge >= 0.3 is 0 Å². The van der Waals surface area contributed by atoms with Crippen molar-refractivity contribution in [3.8, 4) is 5.75 Å². The van der Waals surface area contributed by atoms with Gasteiger partial charge in [-0.15, -0.1) is 0 Å². The summed E-state index contributed by atoms with van der Waals surface area (Å²) in [6, 6.07) is 33.1. The average molecular weight is 661 g/mol. The smallest absolute Gasteiger partial charge is 0.290 e. The van der Waals surface area contributed by atoms with Crippen LogP contribution in [0.15, 0.2) is 147 Å². The van der Waals surface area contributed by atoms with E-state index >= 15 is 0 Å². The predicted molar refractivity (Wildman–Crippen MR) is 166 cm³/mol. The molecule has 0 radical (unpaired) electrons. The predicted octanol–water partition coefficient (Wildman–Crippen LogP) is 6.83. The molecule has 0 atom stereocenters. The van der Waals surface area contributed by atoms with Crippen molar-refractivity contribution in [2.24, 2.45) is 10.2 Å². The van der Waals surface area contributed by atoms with Crippen LogP contribution in [0, 0.1) is 0 Å². The second kappa shape index (κ2) is 14.8. The van der Waals surface area contributed by atoms with Gasteiger partial charge in [0.1, 0.15) is 10.1 Å². The Labute approximate surface area is 257 Å². The number of carbonyl (C=O) groups excluding carboxylic acids is 1. The first-order valence-corrected chi connectivity index (χ1v) is 15.0. The molecule has 10 nitrogen and oxygen atoms in total. The van der Waals surface area contributed by atoms with Crippen molar-refractivity contribution in [1.29, 1.82) is 0 Å². The number of benzene rings is 4. The lowest BCUT2D eigenvalue weighted by atomic mass is 10.2. The molecule has 4 aromatic carbocycles. The maximum absolute atomic E-state index is 11.8. The normalized spacial score (nSPS) is 10.9. The molecule has 5 aromatic rings. The number of halogens is 1. The molecule has 5 rings (SSSR count). The number of hydrogen-bond acceptors (Lipinski definition) is 8. The molecule has 1 amide bonds. The maximum atomic E-state index is 11.8. The van der Waals surface area contributed by atoms with Crippen molar-refractivity contribution >= 4 is 60.4 Å². The van der Waals surface area contributed by atoms with E-state index < -0.39 is 10.1 Å². The van der Waals surface area contributed by atoms with Gasteiger partial charge in [-0.25, -0.2) is 8.42 Å². The van der Waals surface area contributed by atoms with E-state index in [0.29, 0.717) is 11.4 Å². The molecule has 0 spiro atoms. The number of anilines is 3. The van der Waals surface area contributed by atoms with E-state index in [1.165, 1.54) is 30.5 Å². The third kappa shape index (κ3) is 10.5. The van der Waals surface area contributed by atoms with Crippen LogP contribution in [0.2, 0.25) is 0 Å². The van der Waals surface area contributed by atoms with Crippen molar-refractivity contribution in [1.82, 2.24) is 0 Å². The van der Waals surface area contributed by atoms with Crippen molar-refractivity contribution in [3.63, 3.8) is 0 Å². The van der Waals surface area contributed by atoms with Gasteiger partial charge in [0, 0.05) is 27.6 Å². The zero-order chi connectivity index (χ0) is 30.7. The largest absolute Gasteiger partial charge is 0.744 e. The van der Waals surface area contributed by atoms with Gasteiger partial charge in [-0.05, 0) is 91.0 Å². The molecule has 3 N–H and O–H groups in total. The number of rotatable bonds is 8. The molecule has 0 fully saturated rings. The molecule has 1 heterocycles. The number of aromatic nitrogens is 1. The quantitative estimate of drug-likeness (QED) is 0.0945. The van der Waals surface area contributed by atoms with Crippen LogP contribution >= 0.6 is 15.9 Å².